The maximum atomic E-state index is 3.61. The highest BCUT2D eigenvalue weighted by Gasteiger charge is 2.47. The van der Waals surface area contributed by atoms with E-state index >= 15 is 0 Å². The first-order chi connectivity index (χ1) is 34.2. The van der Waals surface area contributed by atoms with Crippen molar-refractivity contribution in [3.63, 3.8) is 0 Å². The summed E-state index contributed by atoms with van der Waals surface area (Å²) in [5.74, 6) is 0. The van der Waals surface area contributed by atoms with Crippen molar-refractivity contribution in [2.45, 2.75) is 18.3 Å². The van der Waals surface area contributed by atoms with E-state index in [0.29, 0.717) is 0 Å². The number of benzene rings is 9. The quantitative estimate of drug-likeness (QED) is 0.140. The molecule has 10 aromatic carbocycles. The third kappa shape index (κ3) is 6.74. The van der Waals surface area contributed by atoms with Crippen molar-refractivity contribution in [3.8, 4) is 50.2 Å². The van der Waals surface area contributed by atoms with Crippen molar-refractivity contribution < 1.29 is 0 Å². The van der Waals surface area contributed by atoms with Gasteiger partial charge in [0.15, 0.2) is 0 Å². The van der Waals surface area contributed by atoms with Crippen molar-refractivity contribution in [3.05, 3.63) is 289 Å². The zero-order chi connectivity index (χ0) is 45.7. The lowest BCUT2D eigenvalue weighted by Crippen LogP contribution is -2.29. The smallest absolute Gasteiger partial charge is 0.0790 e. The third-order valence-corrected chi connectivity index (χ3v) is 14.3. The monoisotopic (exact) mass is 878 g/mol. The normalized spacial score (nSPS) is 14.8. The molecular formula is C67H46N2. The van der Waals surface area contributed by atoms with E-state index in [9.17, 15) is 0 Å². The van der Waals surface area contributed by atoms with Crippen LogP contribution in [0.4, 0.5) is 17.1 Å². The summed E-state index contributed by atoms with van der Waals surface area (Å²) in [5, 5.41) is 2.50. The van der Waals surface area contributed by atoms with Crippen molar-refractivity contribution in [1.29, 1.82) is 0 Å². The van der Waals surface area contributed by atoms with Crippen LogP contribution < -0.4 is 4.90 Å². The Morgan fingerprint density at radius 3 is 1.87 bits per heavy atom. The maximum Gasteiger partial charge on any atom is 0.0790 e. The highest BCUT2D eigenvalue weighted by molar-refractivity contribution is 6.10. The van der Waals surface area contributed by atoms with E-state index in [-0.39, 0.29) is 0 Å². The molecule has 2 aliphatic rings. The number of hydrogen-bond donors (Lipinski definition) is 0. The summed E-state index contributed by atoms with van der Waals surface area (Å²) in [7, 11) is 0. The van der Waals surface area contributed by atoms with Crippen molar-refractivity contribution in [2.75, 3.05) is 4.90 Å². The minimum Gasteiger partial charge on any atom is -0.310 e. The minimum atomic E-state index is -0.549. The lowest BCUT2D eigenvalue weighted by Gasteiger charge is -2.35. The van der Waals surface area contributed by atoms with Crippen LogP contribution in [0.1, 0.15) is 29.5 Å². The van der Waals surface area contributed by atoms with Crippen LogP contribution in [-0.2, 0) is 5.41 Å². The molecule has 1 heterocycles. The number of rotatable bonds is 9. The number of fused-ring (bicyclic) bond motifs is 6. The van der Waals surface area contributed by atoms with Crippen molar-refractivity contribution in [1.82, 2.24) is 4.57 Å². The topological polar surface area (TPSA) is 8.17 Å². The summed E-state index contributed by atoms with van der Waals surface area (Å²) in [6, 6.07) is 93.3. The molecule has 11 aromatic rings. The van der Waals surface area contributed by atoms with E-state index in [2.05, 4.69) is 270 Å². The second kappa shape index (κ2) is 16.8. The van der Waals surface area contributed by atoms with Crippen molar-refractivity contribution in [2.24, 2.45) is 0 Å². The van der Waals surface area contributed by atoms with Gasteiger partial charge in [-0.25, -0.2) is 0 Å². The fraction of sp³-hybridized carbons (Fsp3) is 0.0448. The Balaban J connectivity index is 0.927. The first kappa shape index (κ1) is 40.4. The van der Waals surface area contributed by atoms with Crippen molar-refractivity contribution >= 4 is 38.9 Å². The Morgan fingerprint density at radius 1 is 0.420 bits per heavy atom. The highest BCUT2D eigenvalue weighted by Crippen LogP contribution is 2.58. The van der Waals surface area contributed by atoms with Gasteiger partial charge in [-0.2, -0.15) is 0 Å². The van der Waals surface area contributed by atoms with Crippen LogP contribution in [0.15, 0.2) is 260 Å². The van der Waals surface area contributed by atoms with Crippen LogP contribution in [-0.4, -0.2) is 4.57 Å². The summed E-state index contributed by atoms with van der Waals surface area (Å²) in [4.78, 5) is 2.42. The maximum absolute atomic E-state index is 3.61. The van der Waals surface area contributed by atoms with Crippen LogP contribution >= 0.6 is 0 Å². The fourth-order valence-corrected chi connectivity index (χ4v) is 11.2. The second-order valence-corrected chi connectivity index (χ2v) is 18.2. The van der Waals surface area contributed by atoms with Gasteiger partial charge in [0, 0.05) is 39.1 Å². The molecule has 0 radical (unpaired) electrons. The number of nitrogens with zero attached hydrogens (tertiary/aromatic N) is 2. The molecule has 69 heavy (non-hydrogen) atoms. The van der Waals surface area contributed by atoms with Crippen LogP contribution in [0, 0.1) is 12.1 Å². The molecule has 0 N–H and O–H groups in total. The van der Waals surface area contributed by atoms with Gasteiger partial charge in [-0.1, -0.05) is 182 Å². The van der Waals surface area contributed by atoms with E-state index in [1.165, 1.54) is 83.1 Å². The van der Waals surface area contributed by atoms with E-state index in [4.69, 9.17) is 0 Å². The molecule has 0 aliphatic heterocycles. The molecule has 2 heteroatoms. The Morgan fingerprint density at radius 2 is 1.06 bits per heavy atom. The SMILES string of the molecule is c1cccc(C2(C3=CCCC=C3)c3ccccc3-c3ccc(N(c4ccc(-c5cccc(-c6ccc7c(c6)c6ccccc6n7-c6ccccc6)c5)cc4)c4cccc(-c5ccccc5)c4)cc32)c#1. The Kier molecular flexibility index (Phi) is 9.81. The average Bonchev–Trinajstić information content (AvgIpc) is 3.92. The molecule has 2 aliphatic carbocycles. The molecule has 1 atom stereocenters. The number of hydrogen-bond acceptors (Lipinski definition) is 1. The molecular weight excluding hydrogens is 833 g/mol. The summed E-state index contributed by atoms with van der Waals surface area (Å²) in [6.45, 7) is 0. The molecule has 13 rings (SSSR count). The first-order valence-electron chi connectivity index (χ1n) is 24.0. The number of aromatic nitrogens is 1. The number of allylic oxidation sites excluding steroid dienone is 4. The summed E-state index contributed by atoms with van der Waals surface area (Å²) < 4.78 is 2.37. The predicted octanol–water partition coefficient (Wildman–Crippen LogP) is 17.4. The van der Waals surface area contributed by atoms with E-state index < -0.39 is 5.41 Å². The van der Waals surface area contributed by atoms with Gasteiger partial charge in [-0.05, 0) is 159 Å². The van der Waals surface area contributed by atoms with E-state index in [1.807, 2.05) is 6.07 Å². The summed E-state index contributed by atoms with van der Waals surface area (Å²) in [5.41, 5.74) is 20.8. The largest absolute Gasteiger partial charge is 0.310 e. The van der Waals surface area contributed by atoms with Gasteiger partial charge < -0.3 is 9.47 Å². The molecule has 0 bridgehead atoms. The van der Waals surface area contributed by atoms with Crippen LogP contribution in [0.3, 0.4) is 0 Å². The minimum absolute atomic E-state index is 0.549. The standard InChI is InChI=1S/C67H46N2/c1-5-19-47(20-6-1)51-23-18-30-57(44-51)68(58-40-41-60-59-31-13-15-33-63(59)67(64(60)46-58,53-24-7-2-8-25-53)54-26-9-3-10-27-54)56-38-35-48(36-39-56)49-21-17-22-50(43-49)52-37-42-66-62(45-52)61-32-14-16-34-65(61)69(66)55-28-11-4-12-29-55/h1-2,4-7,9,11-24,26-46H,3,10H2. The zero-order valence-corrected chi connectivity index (χ0v) is 38.1. The highest BCUT2D eigenvalue weighted by atomic mass is 15.1. The molecule has 2 nitrogen and oxygen atoms in total. The molecule has 0 saturated heterocycles. The van der Waals surface area contributed by atoms with Gasteiger partial charge in [0.25, 0.3) is 0 Å². The molecule has 0 amide bonds. The fourth-order valence-electron chi connectivity index (χ4n) is 11.2. The Bertz CT molecular complexity index is 3770. The molecule has 324 valence electrons. The van der Waals surface area contributed by atoms with Gasteiger partial charge in [-0.3, -0.25) is 0 Å². The average molecular weight is 879 g/mol. The summed E-state index contributed by atoms with van der Waals surface area (Å²) >= 11 is 0. The van der Waals surface area contributed by atoms with Crippen LogP contribution in [0.2, 0.25) is 0 Å². The van der Waals surface area contributed by atoms with Gasteiger partial charge >= 0.3 is 0 Å². The molecule has 1 aromatic heterocycles. The first-order valence-corrected chi connectivity index (χ1v) is 24.0. The lowest BCUT2D eigenvalue weighted by atomic mass is 9.66. The molecule has 0 spiro atoms. The van der Waals surface area contributed by atoms with Gasteiger partial charge in [0.2, 0.25) is 0 Å². The van der Waals surface area contributed by atoms with Gasteiger partial charge in [0.1, 0.15) is 0 Å². The molecule has 0 saturated carbocycles. The molecule has 0 fully saturated rings. The predicted molar refractivity (Wildman–Crippen MR) is 288 cm³/mol. The zero-order valence-electron chi connectivity index (χ0n) is 38.1. The Labute approximate surface area is 404 Å². The van der Waals surface area contributed by atoms with Crippen LogP contribution in [0.25, 0.3) is 72.0 Å². The summed E-state index contributed by atoms with van der Waals surface area (Å²) in [6.07, 6.45) is 9.17. The van der Waals surface area contributed by atoms with E-state index in [1.54, 1.807) is 0 Å². The number of anilines is 3. The van der Waals surface area contributed by atoms with E-state index in [0.717, 1.165) is 41.0 Å². The van der Waals surface area contributed by atoms with Gasteiger partial charge in [0.05, 0.1) is 16.4 Å². The Hall–Kier alpha value is -8.90. The van der Waals surface area contributed by atoms with Crippen LogP contribution in [0.5, 0.6) is 0 Å². The molecule has 1 unspecified atom stereocenters. The second-order valence-electron chi connectivity index (χ2n) is 18.2. The lowest BCUT2D eigenvalue weighted by molar-refractivity contribution is 0.752. The third-order valence-electron chi connectivity index (χ3n) is 14.3. The van der Waals surface area contributed by atoms with Gasteiger partial charge in [-0.15, -0.1) is 0 Å². The number of para-hydroxylation sites is 2.